The van der Waals surface area contributed by atoms with Gasteiger partial charge in [0.15, 0.2) is 0 Å². The van der Waals surface area contributed by atoms with Crippen molar-refractivity contribution >= 4 is 29.5 Å². The van der Waals surface area contributed by atoms with E-state index in [0.29, 0.717) is 43.1 Å². The van der Waals surface area contributed by atoms with E-state index in [0.717, 1.165) is 26.2 Å². The predicted octanol–water partition coefficient (Wildman–Crippen LogP) is 1.34. The third-order valence-corrected chi connectivity index (χ3v) is 6.09. The van der Waals surface area contributed by atoms with Crippen LogP contribution in [-0.2, 0) is 14.3 Å². The summed E-state index contributed by atoms with van der Waals surface area (Å²) in [5, 5.41) is 10.7. The second-order valence-corrected chi connectivity index (χ2v) is 8.62. The zero-order chi connectivity index (χ0) is 25.5. The van der Waals surface area contributed by atoms with Gasteiger partial charge in [-0.2, -0.15) is 0 Å². The van der Waals surface area contributed by atoms with E-state index in [-0.39, 0.29) is 17.9 Å². The van der Waals surface area contributed by atoms with Crippen molar-refractivity contribution in [2.75, 3.05) is 57.3 Å². The third kappa shape index (κ3) is 6.43. The molecule has 0 spiro atoms. The highest BCUT2D eigenvalue weighted by molar-refractivity contribution is 6.11. The van der Waals surface area contributed by atoms with E-state index >= 15 is 0 Å². The first-order valence-electron chi connectivity index (χ1n) is 11.9. The molecule has 2 aliphatic rings. The Bertz CT molecular complexity index is 1090. The van der Waals surface area contributed by atoms with Gasteiger partial charge in [0, 0.05) is 56.4 Å². The van der Waals surface area contributed by atoms with Gasteiger partial charge in [0.05, 0.1) is 25.3 Å². The molecule has 2 fully saturated rings. The molecule has 1 atom stereocenters. The van der Waals surface area contributed by atoms with Crippen LogP contribution >= 0.6 is 0 Å². The van der Waals surface area contributed by atoms with Gasteiger partial charge in [0.1, 0.15) is 11.9 Å². The molecular weight excluding hydrogens is 464 g/mol. The third-order valence-electron chi connectivity index (χ3n) is 6.09. The minimum absolute atomic E-state index is 0.0422. The topological polar surface area (TPSA) is 128 Å². The van der Waals surface area contributed by atoms with Crippen molar-refractivity contribution in [3.8, 4) is 0 Å². The van der Waals surface area contributed by atoms with Crippen LogP contribution in [0.2, 0.25) is 0 Å². The molecule has 2 saturated heterocycles. The van der Waals surface area contributed by atoms with Gasteiger partial charge in [0.2, 0.25) is 0 Å². The van der Waals surface area contributed by atoms with Crippen molar-refractivity contribution < 1.29 is 23.9 Å². The maximum Gasteiger partial charge on any atom is 0.414 e. The van der Waals surface area contributed by atoms with Crippen molar-refractivity contribution in [1.82, 2.24) is 20.1 Å². The monoisotopic (exact) mass is 494 g/mol. The van der Waals surface area contributed by atoms with Gasteiger partial charge in [-0.25, -0.2) is 4.79 Å². The Hall–Kier alpha value is -3.83. The molecule has 11 heteroatoms. The fourth-order valence-corrected chi connectivity index (χ4v) is 4.20. The van der Waals surface area contributed by atoms with Crippen LogP contribution in [0.5, 0.6) is 0 Å². The number of amides is 2. The van der Waals surface area contributed by atoms with E-state index in [1.165, 1.54) is 6.20 Å². The molecule has 1 unspecified atom stereocenters. The van der Waals surface area contributed by atoms with Crippen molar-refractivity contribution in [2.45, 2.75) is 13.0 Å². The summed E-state index contributed by atoms with van der Waals surface area (Å²) < 4.78 is 10.6. The number of cyclic esters (lactones) is 1. The second kappa shape index (κ2) is 11.7. The molecule has 3 heterocycles. The first kappa shape index (κ1) is 25.3. The number of ether oxygens (including phenoxy) is 2. The molecule has 1 aromatic heterocycles. The summed E-state index contributed by atoms with van der Waals surface area (Å²) in [6.45, 7) is 6.62. The summed E-state index contributed by atoms with van der Waals surface area (Å²) in [6.07, 6.45) is 2.34. The number of hydrogen-bond acceptors (Lipinski definition) is 9. The number of piperazine rings is 1. The number of nitrogens with one attached hydrogen (secondary N) is 2. The molecule has 2 aromatic rings. The lowest BCUT2D eigenvalue weighted by Gasteiger charge is -2.34. The fraction of sp³-hybridized carbons (Fsp3) is 0.400. The van der Waals surface area contributed by atoms with Crippen LogP contribution in [0.1, 0.15) is 22.8 Å². The van der Waals surface area contributed by atoms with Gasteiger partial charge in [-0.1, -0.05) is 0 Å². The number of nitrogens with zero attached hydrogens (tertiary/aromatic N) is 4. The first-order chi connectivity index (χ1) is 17.4. The van der Waals surface area contributed by atoms with Gasteiger partial charge in [-0.3, -0.25) is 34.7 Å². The van der Waals surface area contributed by atoms with Gasteiger partial charge in [-0.05, 0) is 43.3 Å². The Morgan fingerprint density at radius 3 is 2.50 bits per heavy atom. The van der Waals surface area contributed by atoms with Gasteiger partial charge in [-0.15, -0.1) is 0 Å². The SMILES string of the molecule is CCOC(=O)CN1CCN(CC2CN(c3ccc(C(=N)NC(=O)c4cccnc4)cc3)C(=O)O2)CC1. The summed E-state index contributed by atoms with van der Waals surface area (Å²) in [4.78, 5) is 46.2. The maximum absolute atomic E-state index is 12.5. The minimum atomic E-state index is -0.412. The van der Waals surface area contributed by atoms with E-state index in [1.54, 1.807) is 54.4 Å². The Labute approximate surface area is 209 Å². The molecule has 11 nitrogen and oxygen atoms in total. The minimum Gasteiger partial charge on any atom is -0.465 e. The van der Waals surface area contributed by atoms with Crippen molar-refractivity contribution in [1.29, 1.82) is 5.41 Å². The summed E-state index contributed by atoms with van der Waals surface area (Å²) in [7, 11) is 0. The van der Waals surface area contributed by atoms with Crippen LogP contribution in [0.25, 0.3) is 0 Å². The smallest absolute Gasteiger partial charge is 0.414 e. The molecule has 2 amide bonds. The van der Waals surface area contributed by atoms with Crippen LogP contribution in [0.4, 0.5) is 10.5 Å². The number of aromatic nitrogens is 1. The zero-order valence-corrected chi connectivity index (χ0v) is 20.2. The van der Waals surface area contributed by atoms with Crippen LogP contribution in [0, 0.1) is 5.41 Å². The number of carbonyl (C=O) groups is 3. The molecule has 1 aromatic carbocycles. The molecule has 2 aliphatic heterocycles. The van der Waals surface area contributed by atoms with Gasteiger partial charge < -0.3 is 14.8 Å². The molecule has 4 rings (SSSR count). The van der Waals surface area contributed by atoms with Crippen LogP contribution < -0.4 is 10.2 Å². The Kier molecular flexibility index (Phi) is 8.24. The summed E-state index contributed by atoms with van der Waals surface area (Å²) >= 11 is 0. The van der Waals surface area contributed by atoms with E-state index in [2.05, 4.69) is 20.1 Å². The number of amidine groups is 1. The molecular formula is C25H30N6O5. The molecule has 0 radical (unpaired) electrons. The molecule has 0 aliphatic carbocycles. The van der Waals surface area contributed by atoms with Gasteiger partial charge in [0.25, 0.3) is 5.91 Å². The number of carbonyl (C=O) groups excluding carboxylic acids is 3. The van der Waals surface area contributed by atoms with Crippen molar-refractivity contribution in [3.63, 3.8) is 0 Å². The quantitative estimate of drug-likeness (QED) is 0.320. The van der Waals surface area contributed by atoms with Gasteiger partial charge >= 0.3 is 12.1 Å². The molecule has 190 valence electrons. The van der Waals surface area contributed by atoms with E-state index in [1.807, 2.05) is 0 Å². The highest BCUT2D eigenvalue weighted by atomic mass is 16.6. The number of anilines is 1. The molecule has 2 N–H and O–H groups in total. The lowest BCUT2D eigenvalue weighted by Crippen LogP contribution is -2.50. The lowest BCUT2D eigenvalue weighted by molar-refractivity contribution is -0.144. The van der Waals surface area contributed by atoms with E-state index in [9.17, 15) is 14.4 Å². The fourth-order valence-electron chi connectivity index (χ4n) is 4.20. The average molecular weight is 495 g/mol. The normalized spacial score (nSPS) is 18.5. The first-order valence-corrected chi connectivity index (χ1v) is 11.9. The summed E-state index contributed by atoms with van der Waals surface area (Å²) in [5.74, 6) is -0.660. The second-order valence-electron chi connectivity index (χ2n) is 8.62. The zero-order valence-electron chi connectivity index (χ0n) is 20.2. The van der Waals surface area contributed by atoms with Crippen molar-refractivity contribution in [3.05, 3.63) is 59.9 Å². The number of benzene rings is 1. The Morgan fingerprint density at radius 1 is 1.11 bits per heavy atom. The van der Waals surface area contributed by atoms with E-state index < -0.39 is 12.0 Å². The Morgan fingerprint density at radius 2 is 1.83 bits per heavy atom. The molecule has 36 heavy (non-hydrogen) atoms. The number of rotatable bonds is 8. The highest BCUT2D eigenvalue weighted by Crippen LogP contribution is 2.23. The molecule has 0 saturated carbocycles. The predicted molar refractivity (Wildman–Crippen MR) is 132 cm³/mol. The van der Waals surface area contributed by atoms with Crippen molar-refractivity contribution in [2.24, 2.45) is 0 Å². The highest BCUT2D eigenvalue weighted by Gasteiger charge is 2.34. The lowest BCUT2D eigenvalue weighted by atomic mass is 10.1. The largest absolute Gasteiger partial charge is 0.465 e. The maximum atomic E-state index is 12.5. The van der Waals surface area contributed by atoms with Crippen LogP contribution in [-0.4, -0.2) is 97.1 Å². The standard InChI is InChI=1S/C25H30N6O5/c1-2-35-22(32)17-30-12-10-29(11-13-30)15-21-16-31(25(34)36-21)20-7-5-18(6-8-20)23(26)28-24(33)19-4-3-9-27-14-19/h3-9,14,21H,2,10-13,15-17H2,1H3,(H2,26,28,33). The van der Waals surface area contributed by atoms with E-state index in [4.69, 9.17) is 14.9 Å². The van der Waals surface area contributed by atoms with Crippen LogP contribution in [0.3, 0.4) is 0 Å². The number of esters is 1. The average Bonchev–Trinajstić information content (AvgIpc) is 3.25. The summed E-state index contributed by atoms with van der Waals surface area (Å²) in [6, 6.07) is 10.1. The van der Waals surface area contributed by atoms with Crippen LogP contribution in [0.15, 0.2) is 48.8 Å². The number of hydrogen-bond donors (Lipinski definition) is 2. The summed E-state index contributed by atoms with van der Waals surface area (Å²) in [5.41, 5.74) is 1.54. The molecule has 0 bridgehead atoms. The Balaban J connectivity index is 1.26. The number of pyridine rings is 1.